The van der Waals surface area contributed by atoms with E-state index in [0.29, 0.717) is 16.1 Å². The molecule has 0 aliphatic heterocycles. The predicted octanol–water partition coefficient (Wildman–Crippen LogP) is 4.45. The van der Waals surface area contributed by atoms with Gasteiger partial charge in [0.2, 0.25) is 0 Å². The van der Waals surface area contributed by atoms with Crippen LogP contribution in [0.4, 0.5) is 0 Å². The lowest BCUT2D eigenvalue weighted by atomic mass is 10.1. The average Bonchev–Trinajstić information content (AvgIpc) is 2.31. The Morgan fingerprint density at radius 2 is 2.06 bits per heavy atom. The van der Waals surface area contributed by atoms with E-state index in [0.717, 1.165) is 18.4 Å². The van der Waals surface area contributed by atoms with Crippen LogP contribution in [-0.4, -0.2) is 6.04 Å². The molecule has 3 heteroatoms. The molecule has 1 nitrogen and oxygen atoms in total. The zero-order valence-electron chi connectivity index (χ0n) is 10.1. The van der Waals surface area contributed by atoms with Crippen molar-refractivity contribution >= 4 is 23.2 Å². The number of hydrogen-bond acceptors (Lipinski definition) is 1. The van der Waals surface area contributed by atoms with Crippen molar-refractivity contribution in [2.75, 3.05) is 0 Å². The Morgan fingerprint density at radius 3 is 2.59 bits per heavy atom. The Kier molecular flexibility index (Phi) is 5.85. The summed E-state index contributed by atoms with van der Waals surface area (Å²) in [5.74, 6) is 2.69. The Labute approximate surface area is 114 Å². The van der Waals surface area contributed by atoms with Crippen molar-refractivity contribution in [3.63, 3.8) is 0 Å². The normalized spacial score (nSPS) is 14.1. The first-order valence-electron chi connectivity index (χ1n) is 5.73. The molecule has 1 aromatic carbocycles. The molecule has 0 radical (unpaired) electrons. The Hall–Kier alpha value is -0.680. The highest BCUT2D eigenvalue weighted by Gasteiger charge is 2.11. The fourth-order valence-electron chi connectivity index (χ4n) is 1.69. The maximum atomic E-state index is 6.00. The number of nitrogens with one attached hydrogen (secondary N) is 1. The van der Waals surface area contributed by atoms with Crippen molar-refractivity contribution in [1.82, 2.24) is 5.32 Å². The summed E-state index contributed by atoms with van der Waals surface area (Å²) in [5.41, 5.74) is 1.12. The van der Waals surface area contributed by atoms with Crippen molar-refractivity contribution in [3.05, 3.63) is 33.8 Å². The molecule has 1 N–H and O–H groups in total. The molecule has 0 aromatic heterocycles. The Bertz CT molecular complexity index is 409. The van der Waals surface area contributed by atoms with Crippen molar-refractivity contribution in [1.29, 1.82) is 0 Å². The van der Waals surface area contributed by atoms with Gasteiger partial charge in [0.15, 0.2) is 0 Å². The minimum Gasteiger partial charge on any atom is -0.307 e. The summed E-state index contributed by atoms with van der Waals surface area (Å²) in [6.45, 7) is 4.22. The fraction of sp³-hybridized carbons (Fsp3) is 0.429. The second-order valence-electron chi connectivity index (χ2n) is 4.08. The Morgan fingerprint density at radius 1 is 1.35 bits per heavy atom. The molecular weight excluding hydrogens is 253 g/mol. The molecule has 0 aliphatic rings. The van der Waals surface area contributed by atoms with Crippen LogP contribution in [-0.2, 0) is 0 Å². The minimum absolute atomic E-state index is 0.211. The van der Waals surface area contributed by atoms with Crippen molar-refractivity contribution in [2.24, 2.45) is 0 Å². The molecule has 17 heavy (non-hydrogen) atoms. The highest BCUT2D eigenvalue weighted by Crippen LogP contribution is 2.25. The second-order valence-corrected chi connectivity index (χ2v) is 4.89. The second kappa shape index (κ2) is 6.91. The molecule has 0 aliphatic carbocycles. The first kappa shape index (κ1) is 14.4. The standard InChI is InChI=1S/C14H17Cl2N/c1-4-6-12(5-2)17-10(3)11-7-8-13(15)14(16)9-11/h1,7-10,12,17H,5-6H2,2-3H3. The summed E-state index contributed by atoms with van der Waals surface area (Å²) in [6, 6.07) is 6.24. The quantitative estimate of drug-likeness (QED) is 0.779. The molecule has 0 fully saturated rings. The van der Waals surface area contributed by atoms with Gasteiger partial charge in [-0.3, -0.25) is 0 Å². The maximum Gasteiger partial charge on any atom is 0.0595 e. The monoisotopic (exact) mass is 269 g/mol. The molecule has 0 saturated heterocycles. The largest absolute Gasteiger partial charge is 0.307 e. The molecule has 1 aromatic rings. The van der Waals surface area contributed by atoms with Crippen LogP contribution in [0.3, 0.4) is 0 Å². The molecular formula is C14H17Cl2N. The van der Waals surface area contributed by atoms with Crippen LogP contribution in [0.2, 0.25) is 10.0 Å². The molecule has 1 rings (SSSR count). The molecule has 0 heterocycles. The van der Waals surface area contributed by atoms with E-state index in [1.807, 2.05) is 18.2 Å². The van der Waals surface area contributed by atoms with E-state index in [4.69, 9.17) is 29.6 Å². The van der Waals surface area contributed by atoms with Gasteiger partial charge in [0.05, 0.1) is 10.0 Å². The van der Waals surface area contributed by atoms with Crippen molar-refractivity contribution in [3.8, 4) is 12.3 Å². The van der Waals surface area contributed by atoms with E-state index in [1.54, 1.807) is 0 Å². The first-order valence-corrected chi connectivity index (χ1v) is 6.48. The summed E-state index contributed by atoms with van der Waals surface area (Å²) in [5, 5.41) is 4.65. The van der Waals surface area contributed by atoms with Crippen molar-refractivity contribution in [2.45, 2.75) is 38.8 Å². The van der Waals surface area contributed by atoms with Gasteiger partial charge >= 0.3 is 0 Å². The first-order chi connectivity index (χ1) is 8.08. The summed E-state index contributed by atoms with van der Waals surface area (Å²) in [6.07, 6.45) is 7.08. The maximum absolute atomic E-state index is 6.00. The third-order valence-corrected chi connectivity index (χ3v) is 3.53. The molecule has 0 saturated carbocycles. The summed E-state index contributed by atoms with van der Waals surface area (Å²) in [4.78, 5) is 0. The molecule has 0 bridgehead atoms. The van der Waals surface area contributed by atoms with Crippen LogP contribution in [0.5, 0.6) is 0 Å². The minimum atomic E-state index is 0.211. The van der Waals surface area contributed by atoms with E-state index < -0.39 is 0 Å². The average molecular weight is 270 g/mol. The van der Waals surface area contributed by atoms with Gasteiger partial charge in [-0.2, -0.15) is 0 Å². The van der Waals surface area contributed by atoms with Gasteiger partial charge < -0.3 is 5.32 Å². The summed E-state index contributed by atoms with van der Waals surface area (Å²) >= 11 is 11.9. The highest BCUT2D eigenvalue weighted by atomic mass is 35.5. The third kappa shape index (κ3) is 4.24. The lowest BCUT2D eigenvalue weighted by Gasteiger charge is -2.21. The topological polar surface area (TPSA) is 12.0 Å². The van der Waals surface area contributed by atoms with Crippen molar-refractivity contribution < 1.29 is 0 Å². The van der Waals surface area contributed by atoms with Gasteiger partial charge in [-0.1, -0.05) is 36.2 Å². The van der Waals surface area contributed by atoms with E-state index in [9.17, 15) is 0 Å². The number of rotatable bonds is 5. The van der Waals surface area contributed by atoms with Gasteiger partial charge in [-0.05, 0) is 31.0 Å². The van der Waals surface area contributed by atoms with E-state index in [-0.39, 0.29) is 6.04 Å². The predicted molar refractivity (Wildman–Crippen MR) is 75.5 cm³/mol. The number of hydrogen-bond donors (Lipinski definition) is 1. The van der Waals surface area contributed by atoms with Gasteiger partial charge in [0.25, 0.3) is 0 Å². The van der Waals surface area contributed by atoms with Crippen LogP contribution in [0.1, 0.15) is 38.3 Å². The van der Waals surface area contributed by atoms with Crippen LogP contribution in [0, 0.1) is 12.3 Å². The molecule has 2 atom stereocenters. The number of terminal acetylenes is 1. The number of halogens is 2. The molecule has 2 unspecified atom stereocenters. The summed E-state index contributed by atoms with van der Waals surface area (Å²) < 4.78 is 0. The van der Waals surface area contributed by atoms with Crippen LogP contribution < -0.4 is 5.32 Å². The third-order valence-electron chi connectivity index (χ3n) is 2.79. The van der Waals surface area contributed by atoms with Crippen LogP contribution >= 0.6 is 23.2 Å². The molecule has 0 amide bonds. The van der Waals surface area contributed by atoms with Crippen LogP contribution in [0.15, 0.2) is 18.2 Å². The Balaban J connectivity index is 2.72. The van der Waals surface area contributed by atoms with E-state index >= 15 is 0 Å². The molecule has 0 spiro atoms. The lowest BCUT2D eigenvalue weighted by Crippen LogP contribution is -2.30. The van der Waals surface area contributed by atoms with Gasteiger partial charge in [-0.25, -0.2) is 0 Å². The van der Waals surface area contributed by atoms with E-state index in [2.05, 4.69) is 25.1 Å². The molecule has 92 valence electrons. The van der Waals surface area contributed by atoms with Gasteiger partial charge in [-0.15, -0.1) is 12.3 Å². The fourth-order valence-corrected chi connectivity index (χ4v) is 2.00. The SMILES string of the molecule is C#CCC(CC)NC(C)c1ccc(Cl)c(Cl)c1. The smallest absolute Gasteiger partial charge is 0.0595 e. The zero-order valence-corrected chi connectivity index (χ0v) is 11.6. The van der Waals surface area contributed by atoms with Gasteiger partial charge in [0, 0.05) is 18.5 Å². The number of benzene rings is 1. The van der Waals surface area contributed by atoms with E-state index in [1.165, 1.54) is 0 Å². The van der Waals surface area contributed by atoms with Crippen LogP contribution in [0.25, 0.3) is 0 Å². The van der Waals surface area contributed by atoms with Gasteiger partial charge in [0.1, 0.15) is 0 Å². The highest BCUT2D eigenvalue weighted by molar-refractivity contribution is 6.42. The zero-order chi connectivity index (χ0) is 12.8. The summed E-state index contributed by atoms with van der Waals surface area (Å²) in [7, 11) is 0. The lowest BCUT2D eigenvalue weighted by molar-refractivity contribution is 0.449.